The summed E-state index contributed by atoms with van der Waals surface area (Å²) in [7, 11) is 0. The van der Waals surface area contributed by atoms with Gasteiger partial charge in [-0.2, -0.15) is 13.2 Å². The number of halogens is 3. The van der Waals surface area contributed by atoms with Crippen molar-refractivity contribution in [3.05, 3.63) is 23.9 Å². The van der Waals surface area contributed by atoms with Gasteiger partial charge in [0.2, 0.25) is 0 Å². The number of hydrogen-bond donors (Lipinski definition) is 0. The SMILES string of the molecule is O=C1C=C(C(F)(F)F)C=[C][N]1. The molecule has 0 fully saturated rings. The van der Waals surface area contributed by atoms with Crippen molar-refractivity contribution in [1.29, 1.82) is 0 Å². The highest BCUT2D eigenvalue weighted by Gasteiger charge is 2.33. The Hall–Kier alpha value is -1.26. The van der Waals surface area contributed by atoms with Gasteiger partial charge >= 0.3 is 6.18 Å². The molecule has 11 heavy (non-hydrogen) atoms. The van der Waals surface area contributed by atoms with E-state index in [0.717, 1.165) is 0 Å². The Morgan fingerprint density at radius 1 is 1.45 bits per heavy atom. The molecule has 1 heterocycles. The third-order valence-corrected chi connectivity index (χ3v) is 1.00. The molecule has 1 rings (SSSR count). The molecule has 0 N–H and O–H groups in total. The molecule has 0 bridgehead atoms. The van der Waals surface area contributed by atoms with Gasteiger partial charge in [0.25, 0.3) is 5.91 Å². The molecule has 0 aromatic heterocycles. The van der Waals surface area contributed by atoms with Gasteiger partial charge in [-0.1, -0.05) is 0 Å². The first kappa shape index (κ1) is 7.84. The van der Waals surface area contributed by atoms with Gasteiger partial charge in [0.1, 0.15) is 0 Å². The van der Waals surface area contributed by atoms with E-state index < -0.39 is 17.7 Å². The average Bonchev–Trinajstić information content (AvgIpc) is 1.86. The Morgan fingerprint density at radius 3 is 2.45 bits per heavy atom. The lowest BCUT2D eigenvalue weighted by atomic mass is 10.2. The molecule has 0 spiro atoms. The predicted octanol–water partition coefficient (Wildman–Crippen LogP) is 0.937. The summed E-state index contributed by atoms with van der Waals surface area (Å²) < 4.78 is 35.3. The van der Waals surface area contributed by atoms with Gasteiger partial charge in [-0.25, -0.2) is 5.32 Å². The second-order valence-corrected chi connectivity index (χ2v) is 1.82. The van der Waals surface area contributed by atoms with Crippen molar-refractivity contribution in [2.24, 2.45) is 0 Å². The van der Waals surface area contributed by atoms with E-state index in [9.17, 15) is 18.0 Å². The second kappa shape index (κ2) is 2.41. The van der Waals surface area contributed by atoms with E-state index in [1.165, 1.54) is 0 Å². The summed E-state index contributed by atoms with van der Waals surface area (Å²) in [6.07, 6.45) is -1.58. The fraction of sp³-hybridized carbons (Fsp3) is 0.167. The topological polar surface area (TPSA) is 31.2 Å². The summed E-state index contributed by atoms with van der Waals surface area (Å²) in [5.74, 6) is -0.931. The lowest BCUT2D eigenvalue weighted by molar-refractivity contribution is -0.117. The molecule has 0 atom stereocenters. The fourth-order valence-corrected chi connectivity index (χ4v) is 0.536. The van der Waals surface area contributed by atoms with Crippen LogP contribution in [-0.4, -0.2) is 12.1 Å². The number of nitrogens with zero attached hydrogens (tertiary/aromatic N) is 1. The average molecular weight is 161 g/mol. The Bertz CT molecular complexity index is 239. The van der Waals surface area contributed by atoms with E-state index in [1.807, 2.05) is 6.20 Å². The van der Waals surface area contributed by atoms with Crippen LogP contribution in [0, 0.1) is 6.20 Å². The van der Waals surface area contributed by atoms with Crippen LogP contribution in [0.15, 0.2) is 17.7 Å². The van der Waals surface area contributed by atoms with Crippen molar-refractivity contribution < 1.29 is 18.0 Å². The molecule has 0 saturated heterocycles. The molecule has 58 valence electrons. The molecule has 1 aliphatic heterocycles. The normalized spacial score (nSPS) is 17.7. The number of hydrogen-bond acceptors (Lipinski definition) is 1. The molecule has 0 aliphatic carbocycles. The first-order valence-electron chi connectivity index (χ1n) is 2.62. The van der Waals surface area contributed by atoms with E-state index >= 15 is 0 Å². The van der Waals surface area contributed by atoms with E-state index in [4.69, 9.17) is 0 Å². The molecule has 2 radical (unpaired) electrons. The summed E-state index contributed by atoms with van der Waals surface area (Å²) in [6, 6.07) is 0. The van der Waals surface area contributed by atoms with Gasteiger partial charge in [0.15, 0.2) is 0 Å². The molecule has 0 aromatic carbocycles. The first-order chi connectivity index (χ1) is 5.00. The maximum absolute atomic E-state index is 11.8. The maximum Gasteiger partial charge on any atom is 0.416 e. The van der Waals surface area contributed by atoms with Crippen LogP contribution in [0.1, 0.15) is 0 Å². The second-order valence-electron chi connectivity index (χ2n) is 1.82. The van der Waals surface area contributed by atoms with Crippen LogP contribution in [0.2, 0.25) is 0 Å². The third kappa shape index (κ3) is 1.83. The Balaban J connectivity index is 2.88. The van der Waals surface area contributed by atoms with Gasteiger partial charge in [-0.15, -0.1) is 0 Å². The van der Waals surface area contributed by atoms with E-state index in [2.05, 4.69) is 5.32 Å². The number of allylic oxidation sites excluding steroid dienone is 2. The van der Waals surface area contributed by atoms with Crippen molar-refractivity contribution in [1.82, 2.24) is 5.32 Å². The highest BCUT2D eigenvalue weighted by molar-refractivity contribution is 5.90. The number of rotatable bonds is 0. The summed E-state index contributed by atoms with van der Waals surface area (Å²) in [4.78, 5) is 10.3. The predicted molar refractivity (Wildman–Crippen MR) is 29.1 cm³/mol. The van der Waals surface area contributed by atoms with E-state index in [-0.39, 0.29) is 0 Å². The van der Waals surface area contributed by atoms with E-state index in [0.29, 0.717) is 12.2 Å². The highest BCUT2D eigenvalue weighted by Crippen LogP contribution is 2.26. The molecule has 0 saturated carbocycles. The molecular formula is C6H2F3NO. The smallest absolute Gasteiger partial charge is 0.267 e. The summed E-state index contributed by atoms with van der Waals surface area (Å²) >= 11 is 0. The van der Waals surface area contributed by atoms with Gasteiger partial charge < -0.3 is 0 Å². The Morgan fingerprint density at radius 2 is 2.09 bits per heavy atom. The summed E-state index contributed by atoms with van der Waals surface area (Å²) in [6.45, 7) is 0. The number of amides is 1. The highest BCUT2D eigenvalue weighted by atomic mass is 19.4. The standard InChI is InChI=1S/C6H2F3NO/c7-6(8,9)4-1-2-10-5(11)3-4/h1,3H. The van der Waals surface area contributed by atoms with Crippen LogP contribution in [0.4, 0.5) is 13.2 Å². The monoisotopic (exact) mass is 161 g/mol. The zero-order valence-corrected chi connectivity index (χ0v) is 5.14. The van der Waals surface area contributed by atoms with Crippen molar-refractivity contribution in [3.8, 4) is 0 Å². The quantitative estimate of drug-likeness (QED) is 0.520. The zero-order chi connectivity index (χ0) is 8.48. The van der Waals surface area contributed by atoms with Crippen LogP contribution in [0.3, 0.4) is 0 Å². The van der Waals surface area contributed by atoms with Crippen LogP contribution < -0.4 is 5.32 Å². The summed E-state index contributed by atoms with van der Waals surface area (Å²) in [5, 5.41) is 2.97. The number of carbonyl (C=O) groups is 1. The minimum atomic E-state index is -4.49. The maximum atomic E-state index is 11.8. The first-order valence-corrected chi connectivity index (χ1v) is 2.62. The van der Waals surface area contributed by atoms with Gasteiger partial charge in [0, 0.05) is 6.08 Å². The third-order valence-electron chi connectivity index (χ3n) is 1.00. The molecule has 1 aliphatic rings. The van der Waals surface area contributed by atoms with Crippen LogP contribution in [0.5, 0.6) is 0 Å². The van der Waals surface area contributed by atoms with Crippen LogP contribution in [-0.2, 0) is 4.79 Å². The fourth-order valence-electron chi connectivity index (χ4n) is 0.536. The minimum absolute atomic E-state index is 0.427. The molecule has 0 aromatic rings. The van der Waals surface area contributed by atoms with Crippen molar-refractivity contribution in [3.63, 3.8) is 0 Å². The lowest BCUT2D eigenvalue weighted by Gasteiger charge is -2.08. The van der Waals surface area contributed by atoms with Crippen LogP contribution in [0.25, 0.3) is 0 Å². The van der Waals surface area contributed by atoms with Crippen molar-refractivity contribution in [2.75, 3.05) is 0 Å². The molecule has 5 heteroatoms. The van der Waals surface area contributed by atoms with Crippen molar-refractivity contribution in [2.45, 2.75) is 6.18 Å². The van der Waals surface area contributed by atoms with E-state index in [1.54, 1.807) is 0 Å². The lowest BCUT2D eigenvalue weighted by Crippen LogP contribution is -2.18. The van der Waals surface area contributed by atoms with Gasteiger partial charge in [-0.05, 0) is 6.08 Å². The molecule has 0 unspecified atom stereocenters. The summed E-state index contributed by atoms with van der Waals surface area (Å²) in [5.41, 5.74) is -1.02. The Kier molecular flexibility index (Phi) is 1.72. The number of carbonyl (C=O) groups excluding carboxylic acids is 1. The van der Waals surface area contributed by atoms with Gasteiger partial charge in [-0.3, -0.25) is 4.79 Å². The largest absolute Gasteiger partial charge is 0.416 e. The van der Waals surface area contributed by atoms with Crippen LogP contribution >= 0.6 is 0 Å². The minimum Gasteiger partial charge on any atom is -0.267 e. The Labute approximate surface area is 60.4 Å². The van der Waals surface area contributed by atoms with Gasteiger partial charge in [0.05, 0.1) is 11.8 Å². The van der Waals surface area contributed by atoms with Crippen molar-refractivity contribution >= 4 is 5.91 Å². The number of alkyl halides is 3. The molecular weight excluding hydrogens is 159 g/mol. The molecule has 1 amide bonds. The zero-order valence-electron chi connectivity index (χ0n) is 5.14. The molecule has 2 nitrogen and oxygen atoms in total.